The smallest absolute Gasteiger partial charge is 0.171 e. The largest absolute Gasteiger partial charge is 0.389 e. The van der Waals surface area contributed by atoms with Gasteiger partial charge in [0.15, 0.2) is 5.82 Å². The van der Waals surface area contributed by atoms with Gasteiger partial charge in [-0.15, -0.1) is 0 Å². The summed E-state index contributed by atoms with van der Waals surface area (Å²) in [6.07, 6.45) is 1.22. The Labute approximate surface area is 82.3 Å². The number of hydrogen-bond acceptors (Lipinski definition) is 5. The van der Waals surface area contributed by atoms with Crippen LogP contribution in [0.25, 0.3) is 0 Å². The van der Waals surface area contributed by atoms with Crippen molar-refractivity contribution in [2.75, 3.05) is 18.2 Å². The van der Waals surface area contributed by atoms with Crippen LogP contribution in [0.4, 0.5) is 5.82 Å². The topological polar surface area (TPSA) is 58.5 Å². The molecule has 1 atom stereocenters. The van der Waals surface area contributed by atoms with Gasteiger partial charge in [-0.1, -0.05) is 0 Å². The van der Waals surface area contributed by atoms with Crippen LogP contribution in [0, 0.1) is 13.8 Å². The number of nitrogens with zero attached hydrogens (tertiary/aromatic N) is 3. The van der Waals surface area contributed by atoms with Crippen LogP contribution in [0.2, 0.25) is 0 Å². The molecule has 2 rings (SSSR count). The first kappa shape index (κ1) is 9.36. The van der Waals surface area contributed by atoms with Gasteiger partial charge in [-0.3, -0.25) is 9.82 Å². The molecule has 1 aliphatic heterocycles. The standard InChI is InChI=1S/C9H13N3O2/c1-6-7(2)11-9(3-10-6)12-4-8(13)5-14-12/h3,8,13H,4-5H2,1-2H3. The molecular formula is C9H13N3O2. The van der Waals surface area contributed by atoms with E-state index in [4.69, 9.17) is 4.84 Å². The first-order chi connectivity index (χ1) is 6.66. The van der Waals surface area contributed by atoms with Gasteiger partial charge in [0.2, 0.25) is 0 Å². The first-order valence-corrected chi connectivity index (χ1v) is 4.55. The van der Waals surface area contributed by atoms with Crippen LogP contribution in [-0.2, 0) is 4.84 Å². The highest BCUT2D eigenvalue weighted by Gasteiger charge is 2.23. The predicted octanol–water partition coefficient (Wildman–Crippen LogP) is 0.206. The zero-order valence-electron chi connectivity index (χ0n) is 8.27. The van der Waals surface area contributed by atoms with E-state index >= 15 is 0 Å². The molecule has 14 heavy (non-hydrogen) atoms. The highest BCUT2D eigenvalue weighted by atomic mass is 16.7. The minimum Gasteiger partial charge on any atom is -0.389 e. The van der Waals surface area contributed by atoms with E-state index in [9.17, 15) is 5.11 Å². The van der Waals surface area contributed by atoms with Crippen molar-refractivity contribution in [2.45, 2.75) is 20.0 Å². The molecule has 1 N–H and O–H groups in total. The van der Waals surface area contributed by atoms with Crippen molar-refractivity contribution in [3.63, 3.8) is 0 Å². The van der Waals surface area contributed by atoms with E-state index in [1.165, 1.54) is 0 Å². The predicted molar refractivity (Wildman–Crippen MR) is 50.8 cm³/mol. The third-order valence-corrected chi connectivity index (χ3v) is 2.23. The second-order valence-electron chi connectivity index (χ2n) is 3.41. The maximum absolute atomic E-state index is 9.27. The number of aryl methyl sites for hydroxylation is 2. The average molecular weight is 195 g/mol. The molecule has 0 aromatic carbocycles. The molecule has 0 radical (unpaired) electrons. The summed E-state index contributed by atoms with van der Waals surface area (Å²) in [6, 6.07) is 0. The Kier molecular flexibility index (Phi) is 2.35. The van der Waals surface area contributed by atoms with Crippen LogP contribution < -0.4 is 5.06 Å². The summed E-state index contributed by atoms with van der Waals surface area (Å²) >= 11 is 0. The van der Waals surface area contributed by atoms with Gasteiger partial charge in [0, 0.05) is 0 Å². The third kappa shape index (κ3) is 1.69. The summed E-state index contributed by atoms with van der Waals surface area (Å²) < 4.78 is 0. The Balaban J connectivity index is 2.20. The lowest BCUT2D eigenvalue weighted by Crippen LogP contribution is -2.21. The molecule has 0 aliphatic carbocycles. The summed E-state index contributed by atoms with van der Waals surface area (Å²) in [5.74, 6) is 0.657. The Hall–Kier alpha value is -1.20. The monoisotopic (exact) mass is 195 g/mol. The van der Waals surface area contributed by atoms with Crippen molar-refractivity contribution in [3.05, 3.63) is 17.6 Å². The molecule has 2 heterocycles. The van der Waals surface area contributed by atoms with Gasteiger partial charge in [-0.25, -0.2) is 10.0 Å². The number of β-amino-alcohol motifs (C(OH)–C–C–N with tert-alkyl or cyclic N) is 1. The molecule has 1 fully saturated rings. The molecule has 1 aromatic rings. The highest BCUT2D eigenvalue weighted by molar-refractivity contribution is 5.35. The normalized spacial score (nSPS) is 21.6. The number of aromatic nitrogens is 2. The fourth-order valence-electron chi connectivity index (χ4n) is 1.28. The Morgan fingerprint density at radius 1 is 1.50 bits per heavy atom. The van der Waals surface area contributed by atoms with E-state index in [1.54, 1.807) is 11.3 Å². The van der Waals surface area contributed by atoms with Crippen LogP contribution in [0.15, 0.2) is 6.20 Å². The molecule has 0 bridgehead atoms. The maximum Gasteiger partial charge on any atom is 0.171 e. The molecule has 76 valence electrons. The van der Waals surface area contributed by atoms with Gasteiger partial charge >= 0.3 is 0 Å². The van der Waals surface area contributed by atoms with Crippen molar-refractivity contribution in [2.24, 2.45) is 0 Å². The van der Waals surface area contributed by atoms with Gasteiger partial charge in [0.05, 0.1) is 30.2 Å². The number of aliphatic hydroxyl groups is 1. The van der Waals surface area contributed by atoms with Crippen LogP contribution in [0.3, 0.4) is 0 Å². The lowest BCUT2D eigenvalue weighted by Gasteiger charge is -2.14. The summed E-state index contributed by atoms with van der Waals surface area (Å²) in [5, 5.41) is 10.8. The summed E-state index contributed by atoms with van der Waals surface area (Å²) in [5.41, 5.74) is 1.79. The minimum absolute atomic E-state index is 0.328. The van der Waals surface area contributed by atoms with Gasteiger partial charge < -0.3 is 5.11 Å². The van der Waals surface area contributed by atoms with E-state index in [1.807, 2.05) is 13.8 Å². The number of hydrogen-bond donors (Lipinski definition) is 1. The quantitative estimate of drug-likeness (QED) is 0.694. The summed E-state index contributed by atoms with van der Waals surface area (Å²) in [7, 11) is 0. The molecule has 0 amide bonds. The summed E-state index contributed by atoms with van der Waals surface area (Å²) in [4.78, 5) is 13.7. The molecular weight excluding hydrogens is 182 g/mol. The van der Waals surface area contributed by atoms with Crippen molar-refractivity contribution in [1.82, 2.24) is 9.97 Å². The van der Waals surface area contributed by atoms with Crippen molar-refractivity contribution >= 4 is 5.82 Å². The van der Waals surface area contributed by atoms with Crippen LogP contribution in [0.5, 0.6) is 0 Å². The molecule has 5 heteroatoms. The zero-order chi connectivity index (χ0) is 10.1. The molecule has 1 aromatic heterocycles. The second kappa shape index (κ2) is 3.51. The number of hydroxylamine groups is 1. The Morgan fingerprint density at radius 3 is 2.86 bits per heavy atom. The molecule has 1 aliphatic rings. The Morgan fingerprint density at radius 2 is 2.29 bits per heavy atom. The van der Waals surface area contributed by atoms with E-state index in [-0.39, 0.29) is 0 Å². The van der Waals surface area contributed by atoms with E-state index in [0.29, 0.717) is 19.0 Å². The lowest BCUT2D eigenvalue weighted by atomic mass is 10.3. The van der Waals surface area contributed by atoms with Gasteiger partial charge in [-0.05, 0) is 13.8 Å². The molecule has 0 saturated carbocycles. The fraction of sp³-hybridized carbons (Fsp3) is 0.556. The number of aliphatic hydroxyl groups excluding tert-OH is 1. The van der Waals surface area contributed by atoms with Crippen molar-refractivity contribution < 1.29 is 9.94 Å². The SMILES string of the molecule is Cc1ncc(N2CC(O)CO2)nc1C. The third-order valence-electron chi connectivity index (χ3n) is 2.23. The van der Waals surface area contributed by atoms with Crippen LogP contribution in [-0.4, -0.2) is 34.3 Å². The lowest BCUT2D eigenvalue weighted by molar-refractivity contribution is 0.115. The first-order valence-electron chi connectivity index (χ1n) is 4.55. The van der Waals surface area contributed by atoms with E-state index in [0.717, 1.165) is 11.4 Å². The van der Waals surface area contributed by atoms with E-state index < -0.39 is 6.10 Å². The van der Waals surface area contributed by atoms with Crippen LogP contribution >= 0.6 is 0 Å². The van der Waals surface area contributed by atoms with Crippen LogP contribution in [0.1, 0.15) is 11.4 Å². The zero-order valence-corrected chi connectivity index (χ0v) is 8.27. The highest BCUT2D eigenvalue weighted by Crippen LogP contribution is 2.16. The van der Waals surface area contributed by atoms with Crippen molar-refractivity contribution in [1.29, 1.82) is 0 Å². The van der Waals surface area contributed by atoms with Crippen molar-refractivity contribution in [3.8, 4) is 0 Å². The van der Waals surface area contributed by atoms with E-state index in [2.05, 4.69) is 9.97 Å². The number of rotatable bonds is 1. The van der Waals surface area contributed by atoms with Gasteiger partial charge in [0.1, 0.15) is 6.61 Å². The molecule has 1 saturated heterocycles. The second-order valence-corrected chi connectivity index (χ2v) is 3.41. The number of anilines is 1. The Bertz CT molecular complexity index is 343. The summed E-state index contributed by atoms with van der Waals surface area (Å²) in [6.45, 7) is 4.59. The fourth-order valence-corrected chi connectivity index (χ4v) is 1.28. The van der Waals surface area contributed by atoms with Gasteiger partial charge in [0.25, 0.3) is 0 Å². The average Bonchev–Trinajstić information content (AvgIpc) is 2.57. The minimum atomic E-state index is -0.432. The van der Waals surface area contributed by atoms with Gasteiger partial charge in [-0.2, -0.15) is 0 Å². The maximum atomic E-state index is 9.27. The molecule has 5 nitrogen and oxygen atoms in total. The molecule has 1 unspecified atom stereocenters. The molecule has 0 spiro atoms.